The lowest BCUT2D eigenvalue weighted by molar-refractivity contribution is -0.129. The van der Waals surface area contributed by atoms with Crippen LogP contribution in [-0.4, -0.2) is 29.3 Å². The molecule has 1 saturated carbocycles. The van der Waals surface area contributed by atoms with E-state index in [1.54, 1.807) is 0 Å². The smallest absolute Gasteiger partial charge is 0.354 e. The summed E-state index contributed by atoms with van der Waals surface area (Å²) in [4.78, 5) is 11.3. The van der Waals surface area contributed by atoms with Crippen LogP contribution in [0.5, 0.6) is 0 Å². The highest BCUT2D eigenvalue weighted by Crippen LogP contribution is 2.30. The number of alkyl halides is 3. The predicted octanol–water partition coefficient (Wildman–Crippen LogP) is 1.66. The van der Waals surface area contributed by atoms with Crippen LogP contribution in [0.2, 0.25) is 0 Å². The average Bonchev–Trinajstić information content (AvgIpc) is 2.06. The maximum Gasteiger partial charge on any atom is 0.441 e. The van der Waals surface area contributed by atoms with Crippen molar-refractivity contribution in [2.45, 2.75) is 30.3 Å². The molecule has 0 heterocycles. The summed E-state index contributed by atoms with van der Waals surface area (Å²) in [5, 5.41) is 2.41. The summed E-state index contributed by atoms with van der Waals surface area (Å²) in [6.45, 7) is 0.00194. The Kier molecular flexibility index (Phi) is 5.92. The molecule has 0 radical (unpaired) electrons. The molecular weight excluding hydrogens is 265 g/mol. The first-order chi connectivity index (χ1) is 6.83. The van der Waals surface area contributed by atoms with Gasteiger partial charge < -0.3 is 11.1 Å². The maximum absolute atomic E-state index is 11.7. The maximum atomic E-state index is 11.7. The molecule has 0 unspecified atom stereocenters. The van der Waals surface area contributed by atoms with Crippen molar-refractivity contribution in [1.82, 2.24) is 5.32 Å². The van der Waals surface area contributed by atoms with Gasteiger partial charge in [-0.2, -0.15) is 13.2 Å². The van der Waals surface area contributed by atoms with Gasteiger partial charge in [0.1, 0.15) is 0 Å². The molecule has 1 amide bonds. The van der Waals surface area contributed by atoms with Crippen molar-refractivity contribution in [3.63, 3.8) is 0 Å². The zero-order chi connectivity index (χ0) is 11.5. The second-order valence-electron chi connectivity index (χ2n) is 3.56. The van der Waals surface area contributed by atoms with Gasteiger partial charge >= 0.3 is 5.51 Å². The minimum absolute atomic E-state index is 0. The number of amides is 1. The zero-order valence-electron chi connectivity index (χ0n) is 8.47. The van der Waals surface area contributed by atoms with Crippen LogP contribution in [0.25, 0.3) is 0 Å². The fourth-order valence-electron chi connectivity index (χ4n) is 1.29. The van der Waals surface area contributed by atoms with E-state index in [1.807, 2.05) is 0 Å². The Morgan fingerprint density at radius 3 is 2.38 bits per heavy atom. The van der Waals surface area contributed by atoms with Crippen LogP contribution in [-0.2, 0) is 4.79 Å². The Bertz CT molecular complexity index is 246. The van der Waals surface area contributed by atoms with Gasteiger partial charge in [-0.3, -0.25) is 4.79 Å². The Morgan fingerprint density at radius 2 is 2.00 bits per heavy atom. The van der Waals surface area contributed by atoms with Crippen LogP contribution in [0.15, 0.2) is 0 Å². The van der Waals surface area contributed by atoms with E-state index in [1.165, 1.54) is 0 Å². The van der Waals surface area contributed by atoms with Crippen LogP contribution in [0.1, 0.15) is 19.3 Å². The molecule has 96 valence electrons. The average molecular weight is 279 g/mol. The van der Waals surface area contributed by atoms with Crippen LogP contribution in [0.3, 0.4) is 0 Å². The number of nitrogens with two attached hydrogens (primary N) is 1. The van der Waals surface area contributed by atoms with E-state index in [4.69, 9.17) is 5.73 Å². The van der Waals surface area contributed by atoms with E-state index in [2.05, 4.69) is 5.32 Å². The third-order valence-corrected chi connectivity index (χ3v) is 3.09. The zero-order valence-corrected chi connectivity index (χ0v) is 10.1. The van der Waals surface area contributed by atoms with Gasteiger partial charge in [-0.05, 0) is 31.0 Å². The van der Waals surface area contributed by atoms with Crippen molar-refractivity contribution >= 4 is 30.1 Å². The second-order valence-corrected chi connectivity index (χ2v) is 4.72. The fraction of sp³-hybridized carbons (Fsp3) is 0.875. The molecular formula is C8H14ClF3N2OS. The minimum atomic E-state index is -4.23. The third kappa shape index (κ3) is 4.80. The number of carbonyl (C=O) groups excluding carboxylic acids is 1. The van der Waals surface area contributed by atoms with E-state index in [0.717, 1.165) is 6.42 Å². The van der Waals surface area contributed by atoms with Gasteiger partial charge in [0.05, 0.1) is 5.54 Å². The Balaban J connectivity index is 0.00000225. The van der Waals surface area contributed by atoms with E-state index >= 15 is 0 Å². The van der Waals surface area contributed by atoms with Crippen LogP contribution < -0.4 is 11.1 Å². The lowest BCUT2D eigenvalue weighted by Gasteiger charge is -2.36. The number of carbonyl (C=O) groups is 1. The van der Waals surface area contributed by atoms with Crippen molar-refractivity contribution in [3.8, 4) is 0 Å². The third-order valence-electron chi connectivity index (χ3n) is 2.35. The van der Waals surface area contributed by atoms with Crippen molar-refractivity contribution in [3.05, 3.63) is 0 Å². The largest absolute Gasteiger partial charge is 0.441 e. The van der Waals surface area contributed by atoms with Gasteiger partial charge in [-0.15, -0.1) is 12.4 Å². The van der Waals surface area contributed by atoms with E-state index in [9.17, 15) is 18.0 Å². The molecule has 0 aliphatic heterocycles. The van der Waals surface area contributed by atoms with Crippen LogP contribution in [0, 0.1) is 0 Å². The van der Waals surface area contributed by atoms with Crippen molar-refractivity contribution in [1.29, 1.82) is 0 Å². The molecule has 0 atom stereocenters. The van der Waals surface area contributed by atoms with Crippen molar-refractivity contribution < 1.29 is 18.0 Å². The number of hydrogen-bond acceptors (Lipinski definition) is 3. The molecule has 1 rings (SSSR count). The Hall–Kier alpha value is -0.140. The van der Waals surface area contributed by atoms with E-state index < -0.39 is 11.0 Å². The molecule has 0 saturated heterocycles. The number of hydrogen-bond donors (Lipinski definition) is 2. The molecule has 1 aliphatic carbocycles. The number of thioether (sulfide) groups is 1. The predicted molar refractivity (Wildman–Crippen MR) is 59.5 cm³/mol. The quantitative estimate of drug-likeness (QED) is 0.769. The Morgan fingerprint density at radius 1 is 1.44 bits per heavy atom. The molecule has 1 aliphatic rings. The highest BCUT2D eigenvalue weighted by atomic mass is 35.5. The summed E-state index contributed by atoms with van der Waals surface area (Å²) in [6.07, 6.45) is 2.14. The van der Waals surface area contributed by atoms with Gasteiger partial charge in [0.2, 0.25) is 5.91 Å². The van der Waals surface area contributed by atoms with Gasteiger partial charge in [-0.1, -0.05) is 0 Å². The summed E-state index contributed by atoms with van der Waals surface area (Å²) in [5.41, 5.74) is 0.608. The minimum Gasteiger partial charge on any atom is -0.354 e. The van der Waals surface area contributed by atoms with Crippen molar-refractivity contribution in [2.24, 2.45) is 5.73 Å². The highest BCUT2D eigenvalue weighted by Gasteiger charge is 2.39. The summed E-state index contributed by atoms with van der Waals surface area (Å²) >= 11 is -0.144. The first-order valence-corrected chi connectivity index (χ1v) is 5.60. The van der Waals surface area contributed by atoms with E-state index in [-0.39, 0.29) is 42.4 Å². The number of rotatable bonds is 4. The molecule has 0 aromatic rings. The van der Waals surface area contributed by atoms with Gasteiger partial charge in [0, 0.05) is 12.3 Å². The monoisotopic (exact) mass is 278 g/mol. The summed E-state index contributed by atoms with van der Waals surface area (Å²) < 4.78 is 35.2. The standard InChI is InChI=1S/C8H13F3N2OS.ClH/c9-8(10,11)15-5-4-13-6(14)7(12)2-1-3-7;/h1-5,12H2,(H,13,14);1H. The Labute approximate surface area is 102 Å². The molecule has 1 fully saturated rings. The lowest BCUT2D eigenvalue weighted by atomic mass is 9.77. The molecule has 0 aromatic heterocycles. The molecule has 0 bridgehead atoms. The van der Waals surface area contributed by atoms with Crippen molar-refractivity contribution in [2.75, 3.05) is 12.3 Å². The van der Waals surface area contributed by atoms with Crippen LogP contribution in [0.4, 0.5) is 13.2 Å². The SMILES string of the molecule is Cl.NC1(C(=O)NCCSC(F)(F)F)CCC1. The molecule has 16 heavy (non-hydrogen) atoms. The van der Waals surface area contributed by atoms with Gasteiger partial charge in [0.15, 0.2) is 0 Å². The highest BCUT2D eigenvalue weighted by molar-refractivity contribution is 8.00. The number of halogens is 4. The topological polar surface area (TPSA) is 55.1 Å². The summed E-state index contributed by atoms with van der Waals surface area (Å²) in [7, 11) is 0. The lowest BCUT2D eigenvalue weighted by Crippen LogP contribution is -2.58. The number of nitrogens with one attached hydrogen (secondary N) is 1. The molecule has 3 nitrogen and oxygen atoms in total. The second kappa shape index (κ2) is 5.97. The molecule has 3 N–H and O–H groups in total. The normalized spacial score (nSPS) is 18.2. The summed E-state index contributed by atoms with van der Waals surface area (Å²) in [6, 6.07) is 0. The van der Waals surface area contributed by atoms with Gasteiger partial charge in [0.25, 0.3) is 0 Å². The first-order valence-electron chi connectivity index (χ1n) is 4.61. The van der Waals surface area contributed by atoms with Gasteiger partial charge in [-0.25, -0.2) is 0 Å². The molecule has 0 spiro atoms. The first kappa shape index (κ1) is 15.9. The fourth-order valence-corrected chi connectivity index (χ4v) is 1.73. The summed E-state index contributed by atoms with van der Waals surface area (Å²) in [5.74, 6) is -0.512. The molecule has 8 heteroatoms. The van der Waals surface area contributed by atoms with Crippen LogP contribution >= 0.6 is 24.2 Å². The molecule has 0 aromatic carbocycles. The van der Waals surface area contributed by atoms with E-state index in [0.29, 0.717) is 12.8 Å².